The third-order valence-electron chi connectivity index (χ3n) is 4.88. The maximum absolute atomic E-state index is 4.30. The molecule has 0 saturated heterocycles. The predicted molar refractivity (Wildman–Crippen MR) is 109 cm³/mol. The van der Waals surface area contributed by atoms with Gasteiger partial charge in [-0.25, -0.2) is 0 Å². The molecule has 0 spiro atoms. The van der Waals surface area contributed by atoms with E-state index in [1.165, 1.54) is 16.5 Å². The molecule has 0 saturated carbocycles. The highest BCUT2D eigenvalue weighted by Gasteiger charge is 2.11. The molecule has 128 valence electrons. The van der Waals surface area contributed by atoms with Crippen LogP contribution in [0.4, 0.5) is 0 Å². The van der Waals surface area contributed by atoms with Crippen LogP contribution in [0.2, 0.25) is 0 Å². The Morgan fingerprint density at radius 1 is 0.962 bits per heavy atom. The zero-order valence-electron chi connectivity index (χ0n) is 14.9. The van der Waals surface area contributed by atoms with Crippen molar-refractivity contribution in [1.29, 1.82) is 0 Å². The molecule has 1 aliphatic heterocycles. The molecule has 4 rings (SSSR count). The van der Waals surface area contributed by atoms with Gasteiger partial charge in [0.25, 0.3) is 0 Å². The third kappa shape index (κ3) is 3.85. The second-order valence-corrected chi connectivity index (χ2v) is 6.61. The van der Waals surface area contributed by atoms with Crippen LogP contribution in [0.5, 0.6) is 0 Å². The second kappa shape index (κ2) is 7.99. The molecule has 0 atom stereocenters. The van der Waals surface area contributed by atoms with Gasteiger partial charge in [-0.2, -0.15) is 0 Å². The van der Waals surface area contributed by atoms with Crippen LogP contribution in [-0.4, -0.2) is 29.5 Å². The Morgan fingerprint density at radius 2 is 1.81 bits per heavy atom. The predicted octanol–water partition coefficient (Wildman–Crippen LogP) is 4.77. The van der Waals surface area contributed by atoms with Gasteiger partial charge in [0.15, 0.2) is 0 Å². The fourth-order valence-electron chi connectivity index (χ4n) is 3.42. The van der Waals surface area contributed by atoms with E-state index in [1.807, 2.05) is 18.5 Å². The van der Waals surface area contributed by atoms with Crippen molar-refractivity contribution < 1.29 is 0 Å². The minimum Gasteiger partial charge on any atom is -0.298 e. The Bertz CT molecular complexity index is 972. The van der Waals surface area contributed by atoms with Crippen molar-refractivity contribution in [3.05, 3.63) is 84.2 Å². The number of pyridine rings is 1. The molecule has 2 heterocycles. The fourth-order valence-corrected chi connectivity index (χ4v) is 3.42. The van der Waals surface area contributed by atoms with Crippen molar-refractivity contribution in [2.24, 2.45) is 0 Å². The fraction of sp³-hybridized carbons (Fsp3) is 0.208. The van der Waals surface area contributed by atoms with Gasteiger partial charge in [-0.1, -0.05) is 72.5 Å². The van der Waals surface area contributed by atoms with E-state index in [2.05, 4.69) is 76.3 Å². The number of benzene rings is 2. The van der Waals surface area contributed by atoms with Crippen LogP contribution in [0.15, 0.2) is 73.1 Å². The summed E-state index contributed by atoms with van der Waals surface area (Å²) < 4.78 is 0. The van der Waals surface area contributed by atoms with E-state index in [-0.39, 0.29) is 0 Å². The summed E-state index contributed by atoms with van der Waals surface area (Å²) in [4.78, 5) is 6.77. The van der Waals surface area contributed by atoms with Gasteiger partial charge in [-0.15, -0.1) is 0 Å². The molecule has 0 bridgehead atoms. The van der Waals surface area contributed by atoms with Gasteiger partial charge in [0.05, 0.1) is 5.56 Å². The summed E-state index contributed by atoms with van der Waals surface area (Å²) in [5, 5.41) is 2.33. The van der Waals surface area contributed by atoms with E-state index < -0.39 is 0 Å². The molecule has 26 heavy (non-hydrogen) atoms. The van der Waals surface area contributed by atoms with Crippen LogP contribution in [0, 0.1) is 11.8 Å². The Labute approximate surface area is 155 Å². The number of aromatic nitrogens is 1. The second-order valence-electron chi connectivity index (χ2n) is 6.61. The van der Waals surface area contributed by atoms with Crippen molar-refractivity contribution >= 4 is 16.3 Å². The van der Waals surface area contributed by atoms with Crippen molar-refractivity contribution in [3.8, 4) is 11.8 Å². The molecule has 3 aromatic rings. The first-order valence-corrected chi connectivity index (χ1v) is 9.18. The minimum absolute atomic E-state index is 0.887. The van der Waals surface area contributed by atoms with Crippen LogP contribution < -0.4 is 0 Å². The SMILES string of the molecule is C(#Cc1cncc2ccccc12)CCN1CC=C(c2ccccc2)CC1. The summed E-state index contributed by atoms with van der Waals surface area (Å²) in [6.45, 7) is 3.14. The zero-order valence-corrected chi connectivity index (χ0v) is 14.9. The Kier molecular flexibility index (Phi) is 5.09. The lowest BCUT2D eigenvalue weighted by atomic mass is 9.99. The summed E-state index contributed by atoms with van der Waals surface area (Å²) >= 11 is 0. The van der Waals surface area contributed by atoms with Crippen LogP contribution in [-0.2, 0) is 0 Å². The van der Waals surface area contributed by atoms with Gasteiger partial charge in [0, 0.05) is 49.2 Å². The topological polar surface area (TPSA) is 16.1 Å². The standard InChI is InChI=1S/C24H22N2/c1-2-8-20(9-3-1)21-13-16-26(17-14-21)15-7-6-11-23-19-25-18-22-10-4-5-12-24(22)23/h1-5,8-10,12-13,18-19H,7,14-17H2. The number of hydrogen-bond donors (Lipinski definition) is 0. The monoisotopic (exact) mass is 338 g/mol. The molecule has 0 radical (unpaired) electrons. The van der Waals surface area contributed by atoms with E-state index in [0.29, 0.717) is 0 Å². The van der Waals surface area contributed by atoms with Crippen LogP contribution in [0.3, 0.4) is 0 Å². The molecule has 1 aromatic heterocycles. The Balaban J connectivity index is 1.35. The highest BCUT2D eigenvalue weighted by atomic mass is 15.1. The summed E-state index contributed by atoms with van der Waals surface area (Å²) in [6, 6.07) is 19.0. The van der Waals surface area contributed by atoms with Crippen LogP contribution in [0.1, 0.15) is 24.0 Å². The normalized spacial score (nSPS) is 14.5. The summed E-state index contributed by atoms with van der Waals surface area (Å²) in [6.07, 6.45) is 8.12. The minimum atomic E-state index is 0.887. The van der Waals surface area contributed by atoms with Crippen molar-refractivity contribution in [2.45, 2.75) is 12.8 Å². The first-order valence-electron chi connectivity index (χ1n) is 9.18. The van der Waals surface area contributed by atoms with Crippen LogP contribution >= 0.6 is 0 Å². The van der Waals surface area contributed by atoms with E-state index in [0.717, 1.165) is 43.4 Å². The average Bonchev–Trinajstić information content (AvgIpc) is 2.72. The largest absolute Gasteiger partial charge is 0.298 e. The number of rotatable bonds is 3. The van der Waals surface area contributed by atoms with E-state index in [1.54, 1.807) is 0 Å². The molecule has 0 unspecified atom stereocenters. The number of fused-ring (bicyclic) bond motifs is 1. The third-order valence-corrected chi connectivity index (χ3v) is 4.88. The van der Waals surface area contributed by atoms with Gasteiger partial charge < -0.3 is 0 Å². The van der Waals surface area contributed by atoms with Crippen molar-refractivity contribution in [1.82, 2.24) is 9.88 Å². The lowest BCUT2D eigenvalue weighted by Gasteiger charge is -2.25. The van der Waals surface area contributed by atoms with Gasteiger partial charge >= 0.3 is 0 Å². The van der Waals surface area contributed by atoms with Crippen molar-refractivity contribution in [2.75, 3.05) is 19.6 Å². The maximum atomic E-state index is 4.30. The lowest BCUT2D eigenvalue weighted by Crippen LogP contribution is -2.29. The quantitative estimate of drug-likeness (QED) is 0.640. The molecule has 1 aliphatic rings. The molecule has 0 fully saturated rings. The smallest absolute Gasteiger partial charge is 0.0507 e. The summed E-state index contributed by atoms with van der Waals surface area (Å²) in [5.74, 6) is 6.64. The molecule has 0 aliphatic carbocycles. The Hall–Kier alpha value is -2.89. The summed E-state index contributed by atoms with van der Waals surface area (Å²) in [7, 11) is 0. The lowest BCUT2D eigenvalue weighted by molar-refractivity contribution is 0.309. The zero-order chi connectivity index (χ0) is 17.6. The van der Waals surface area contributed by atoms with E-state index in [4.69, 9.17) is 0 Å². The van der Waals surface area contributed by atoms with Gasteiger partial charge in [-0.05, 0) is 17.6 Å². The molecular formula is C24H22N2. The Morgan fingerprint density at radius 3 is 2.65 bits per heavy atom. The van der Waals surface area contributed by atoms with Crippen molar-refractivity contribution in [3.63, 3.8) is 0 Å². The number of hydrogen-bond acceptors (Lipinski definition) is 2. The van der Waals surface area contributed by atoms with E-state index in [9.17, 15) is 0 Å². The first kappa shape index (κ1) is 16.6. The highest BCUT2D eigenvalue weighted by Crippen LogP contribution is 2.22. The van der Waals surface area contributed by atoms with Gasteiger partial charge in [0.2, 0.25) is 0 Å². The average molecular weight is 338 g/mol. The number of nitrogens with zero attached hydrogens (tertiary/aromatic N) is 2. The van der Waals surface area contributed by atoms with Crippen LogP contribution in [0.25, 0.3) is 16.3 Å². The molecule has 2 nitrogen and oxygen atoms in total. The molecule has 2 heteroatoms. The first-order chi connectivity index (χ1) is 12.9. The highest BCUT2D eigenvalue weighted by molar-refractivity contribution is 5.87. The molecule has 2 aromatic carbocycles. The molecule has 0 N–H and O–H groups in total. The summed E-state index contributed by atoms with van der Waals surface area (Å²) in [5.41, 5.74) is 3.85. The van der Waals surface area contributed by atoms with E-state index >= 15 is 0 Å². The molecular weight excluding hydrogens is 316 g/mol. The molecule has 0 amide bonds. The maximum Gasteiger partial charge on any atom is 0.0507 e. The van der Waals surface area contributed by atoms with Gasteiger partial charge in [0.1, 0.15) is 0 Å². The van der Waals surface area contributed by atoms with Gasteiger partial charge in [-0.3, -0.25) is 9.88 Å².